The molecule has 4 nitrogen and oxygen atoms in total. The van der Waals surface area contributed by atoms with Crippen LogP contribution in [-0.2, 0) is 9.53 Å². The summed E-state index contributed by atoms with van der Waals surface area (Å²) in [6, 6.07) is 8.32. The van der Waals surface area contributed by atoms with E-state index in [4.69, 9.17) is 17.0 Å². The van der Waals surface area contributed by atoms with Crippen LogP contribution in [0, 0.1) is 0 Å². The lowest BCUT2D eigenvalue weighted by atomic mass is 10.1. The number of amides is 1. The van der Waals surface area contributed by atoms with Gasteiger partial charge in [0.25, 0.3) is 5.91 Å². The third-order valence-electron chi connectivity index (χ3n) is 4.60. The molecule has 0 aromatic heterocycles. The van der Waals surface area contributed by atoms with Gasteiger partial charge >= 0.3 is 0 Å². The summed E-state index contributed by atoms with van der Waals surface area (Å²) in [6.45, 7) is 7.63. The summed E-state index contributed by atoms with van der Waals surface area (Å²) in [6.07, 6.45) is 4.12. The lowest BCUT2D eigenvalue weighted by molar-refractivity contribution is -0.123. The van der Waals surface area contributed by atoms with Crippen molar-refractivity contribution < 1.29 is 9.53 Å². The van der Waals surface area contributed by atoms with Crippen molar-refractivity contribution in [1.82, 2.24) is 4.90 Å². The van der Waals surface area contributed by atoms with Gasteiger partial charge < -0.3 is 9.64 Å². The first-order valence-electron chi connectivity index (χ1n) is 8.84. The molecule has 2 aliphatic rings. The van der Waals surface area contributed by atoms with Crippen molar-refractivity contribution >= 4 is 46.0 Å². The number of anilines is 1. The van der Waals surface area contributed by atoms with Gasteiger partial charge in [-0.05, 0) is 50.5 Å². The Morgan fingerprint density at radius 1 is 1.32 bits per heavy atom. The number of hydrogen-bond acceptors (Lipinski definition) is 5. The minimum absolute atomic E-state index is 0.00156. The molecule has 0 saturated carbocycles. The minimum atomic E-state index is -0.00156. The molecule has 0 bridgehead atoms. The van der Waals surface area contributed by atoms with E-state index >= 15 is 0 Å². The summed E-state index contributed by atoms with van der Waals surface area (Å²) in [5.41, 5.74) is 2.22. The van der Waals surface area contributed by atoms with Crippen LogP contribution in [0.2, 0.25) is 0 Å². The van der Waals surface area contributed by atoms with Crippen molar-refractivity contribution in [1.29, 1.82) is 0 Å². The van der Waals surface area contributed by atoms with Crippen LogP contribution in [0.3, 0.4) is 0 Å². The molecule has 1 atom stereocenters. The van der Waals surface area contributed by atoms with Gasteiger partial charge in [0, 0.05) is 25.4 Å². The zero-order chi connectivity index (χ0) is 17.8. The third-order valence-corrected chi connectivity index (χ3v) is 5.98. The molecule has 3 rings (SSSR count). The number of carbonyl (C=O) groups excluding carboxylic acids is 1. The van der Waals surface area contributed by atoms with E-state index in [1.165, 1.54) is 17.4 Å². The van der Waals surface area contributed by atoms with Crippen molar-refractivity contribution in [2.24, 2.45) is 0 Å². The van der Waals surface area contributed by atoms with Crippen molar-refractivity contribution in [2.75, 3.05) is 31.1 Å². The van der Waals surface area contributed by atoms with E-state index in [9.17, 15) is 4.79 Å². The zero-order valence-corrected chi connectivity index (χ0v) is 16.4. The smallest absolute Gasteiger partial charge is 0.266 e. The highest BCUT2D eigenvalue weighted by atomic mass is 32.2. The van der Waals surface area contributed by atoms with Crippen LogP contribution in [0.15, 0.2) is 29.2 Å². The molecule has 2 aliphatic heterocycles. The van der Waals surface area contributed by atoms with Gasteiger partial charge in [-0.1, -0.05) is 36.1 Å². The normalized spacial score (nSPS) is 22.2. The number of carbonyl (C=O) groups is 1. The number of hydrogen-bond donors (Lipinski definition) is 0. The van der Waals surface area contributed by atoms with Gasteiger partial charge in [0.15, 0.2) is 0 Å². The predicted octanol–water partition coefficient (Wildman–Crippen LogP) is 3.91. The fourth-order valence-electron chi connectivity index (χ4n) is 3.17. The average molecular weight is 377 g/mol. The molecule has 6 heteroatoms. The molecule has 1 aromatic rings. The second-order valence-corrected chi connectivity index (χ2v) is 7.87. The van der Waals surface area contributed by atoms with Crippen molar-refractivity contribution in [3.8, 4) is 0 Å². The van der Waals surface area contributed by atoms with E-state index in [1.54, 1.807) is 4.90 Å². The second-order valence-electron chi connectivity index (χ2n) is 6.19. The molecule has 2 heterocycles. The standard InChI is InChI=1S/C19H24N2O2S2/c1-3-20(4-2)15-9-7-14(8-10-15)12-17-18(22)21(19(24)25-17)13-16-6-5-11-23-16/h7-10,12,16H,3-6,11,13H2,1-2H3/b17-12+/t16-/m1/s1. The Bertz CT molecular complexity index is 663. The zero-order valence-electron chi connectivity index (χ0n) is 14.7. The van der Waals surface area contributed by atoms with Crippen LogP contribution >= 0.6 is 24.0 Å². The topological polar surface area (TPSA) is 32.8 Å². The van der Waals surface area contributed by atoms with E-state index in [-0.39, 0.29) is 12.0 Å². The lowest BCUT2D eigenvalue weighted by Crippen LogP contribution is -2.35. The Balaban J connectivity index is 1.70. The number of ether oxygens (including phenoxy) is 1. The van der Waals surface area contributed by atoms with Gasteiger partial charge in [-0.15, -0.1) is 0 Å². The quantitative estimate of drug-likeness (QED) is 0.555. The van der Waals surface area contributed by atoms with Gasteiger partial charge in [-0.2, -0.15) is 0 Å². The summed E-state index contributed by atoms with van der Waals surface area (Å²) in [4.78, 5) is 17.3. The van der Waals surface area contributed by atoms with Crippen LogP contribution in [0.25, 0.3) is 6.08 Å². The van der Waals surface area contributed by atoms with Crippen LogP contribution in [0.1, 0.15) is 32.3 Å². The number of thiocarbonyl (C=S) groups is 1. The fourth-order valence-corrected chi connectivity index (χ4v) is 4.45. The Kier molecular flexibility index (Phi) is 6.15. The van der Waals surface area contributed by atoms with Crippen molar-refractivity contribution in [2.45, 2.75) is 32.8 Å². The first-order chi connectivity index (χ1) is 12.1. The van der Waals surface area contributed by atoms with Crippen LogP contribution in [0.5, 0.6) is 0 Å². The summed E-state index contributed by atoms with van der Waals surface area (Å²) in [5, 5.41) is 0. The SMILES string of the molecule is CCN(CC)c1ccc(/C=C2/SC(=S)N(C[C@H]3CCCO3)C2=O)cc1. The summed E-state index contributed by atoms with van der Waals surface area (Å²) < 4.78 is 6.27. The maximum atomic E-state index is 12.7. The highest BCUT2D eigenvalue weighted by molar-refractivity contribution is 8.26. The maximum absolute atomic E-state index is 12.7. The third kappa shape index (κ3) is 4.25. The maximum Gasteiger partial charge on any atom is 0.266 e. The number of benzene rings is 1. The summed E-state index contributed by atoms with van der Waals surface area (Å²) in [5.74, 6) is -0.00156. The van der Waals surface area contributed by atoms with Crippen molar-refractivity contribution in [3.63, 3.8) is 0 Å². The highest BCUT2D eigenvalue weighted by Gasteiger charge is 2.34. The van der Waals surface area contributed by atoms with E-state index in [1.807, 2.05) is 6.08 Å². The van der Waals surface area contributed by atoms with Crippen molar-refractivity contribution in [3.05, 3.63) is 34.7 Å². The summed E-state index contributed by atoms with van der Waals surface area (Å²) >= 11 is 6.78. The van der Waals surface area contributed by atoms with E-state index in [2.05, 4.69) is 43.0 Å². The summed E-state index contributed by atoms with van der Waals surface area (Å²) in [7, 11) is 0. The van der Waals surface area contributed by atoms with E-state index in [0.717, 1.165) is 38.1 Å². The molecule has 25 heavy (non-hydrogen) atoms. The van der Waals surface area contributed by atoms with Crippen LogP contribution in [-0.4, -0.2) is 47.5 Å². The number of nitrogens with zero attached hydrogens (tertiary/aromatic N) is 2. The number of thioether (sulfide) groups is 1. The fraction of sp³-hybridized carbons (Fsp3) is 0.474. The highest BCUT2D eigenvalue weighted by Crippen LogP contribution is 2.33. The first kappa shape index (κ1) is 18.4. The van der Waals surface area contributed by atoms with Gasteiger partial charge in [-0.25, -0.2) is 0 Å². The molecule has 1 aromatic carbocycles. The molecule has 134 valence electrons. The molecule has 0 aliphatic carbocycles. The van der Waals surface area contributed by atoms with Gasteiger partial charge in [0.1, 0.15) is 4.32 Å². The largest absolute Gasteiger partial charge is 0.376 e. The first-order valence-corrected chi connectivity index (χ1v) is 10.1. The molecule has 0 unspecified atom stereocenters. The number of rotatable bonds is 6. The average Bonchev–Trinajstić information content (AvgIpc) is 3.22. The molecule has 2 saturated heterocycles. The molecule has 2 fully saturated rings. The van der Waals surface area contributed by atoms with Gasteiger partial charge in [0.2, 0.25) is 0 Å². The Morgan fingerprint density at radius 3 is 2.64 bits per heavy atom. The molecule has 1 amide bonds. The lowest BCUT2D eigenvalue weighted by Gasteiger charge is -2.20. The Morgan fingerprint density at radius 2 is 2.04 bits per heavy atom. The monoisotopic (exact) mass is 376 g/mol. The van der Waals surface area contributed by atoms with Crippen LogP contribution < -0.4 is 4.90 Å². The molecule has 0 radical (unpaired) electrons. The van der Waals surface area contributed by atoms with Gasteiger partial charge in [0.05, 0.1) is 17.6 Å². The molecule has 0 spiro atoms. The Hall–Kier alpha value is -1.37. The van der Waals surface area contributed by atoms with Crippen LogP contribution in [0.4, 0.5) is 5.69 Å². The molecular formula is C19H24N2O2S2. The Labute approximate surface area is 159 Å². The molecule has 0 N–H and O–H groups in total. The van der Waals surface area contributed by atoms with E-state index in [0.29, 0.717) is 15.8 Å². The predicted molar refractivity (Wildman–Crippen MR) is 109 cm³/mol. The molecular weight excluding hydrogens is 352 g/mol. The van der Waals surface area contributed by atoms with Gasteiger partial charge in [-0.3, -0.25) is 9.69 Å². The minimum Gasteiger partial charge on any atom is -0.376 e. The van der Waals surface area contributed by atoms with E-state index < -0.39 is 0 Å². The second kappa shape index (κ2) is 8.34.